The van der Waals surface area contributed by atoms with Crippen LogP contribution < -0.4 is 5.32 Å². The second-order valence-electron chi connectivity index (χ2n) is 5.27. The van der Waals surface area contributed by atoms with Gasteiger partial charge in [-0.05, 0) is 24.1 Å². The van der Waals surface area contributed by atoms with E-state index < -0.39 is 0 Å². The van der Waals surface area contributed by atoms with Crippen molar-refractivity contribution >= 4 is 23.2 Å². The number of hydrogen-bond acceptors (Lipinski definition) is 1. The number of rotatable bonds is 6. The lowest BCUT2D eigenvalue weighted by Crippen LogP contribution is -2.36. The molecule has 100 valence electrons. The fourth-order valence-corrected chi connectivity index (χ4v) is 2.28. The Balaban J connectivity index is 2.88. The van der Waals surface area contributed by atoms with Gasteiger partial charge in [-0.2, -0.15) is 0 Å². The first-order valence-corrected chi connectivity index (χ1v) is 6.93. The molecule has 0 aliphatic heterocycles. The summed E-state index contributed by atoms with van der Waals surface area (Å²) in [6.07, 6.45) is 2.76. The van der Waals surface area contributed by atoms with Gasteiger partial charge in [0.25, 0.3) is 0 Å². The highest BCUT2D eigenvalue weighted by Crippen LogP contribution is 2.32. The Morgan fingerprint density at radius 2 is 1.89 bits per heavy atom. The van der Waals surface area contributed by atoms with E-state index >= 15 is 0 Å². The lowest BCUT2D eigenvalue weighted by atomic mass is 9.83. The van der Waals surface area contributed by atoms with Crippen molar-refractivity contribution in [3.05, 3.63) is 46.5 Å². The van der Waals surface area contributed by atoms with Crippen LogP contribution in [0.2, 0.25) is 10.0 Å². The molecule has 1 nitrogen and oxygen atoms in total. The highest BCUT2D eigenvalue weighted by atomic mass is 35.5. The molecule has 0 amide bonds. The molecule has 3 heteroatoms. The summed E-state index contributed by atoms with van der Waals surface area (Å²) < 4.78 is 0. The van der Waals surface area contributed by atoms with Crippen LogP contribution in [0.3, 0.4) is 0 Å². The molecule has 1 rings (SSSR count). The van der Waals surface area contributed by atoms with E-state index in [1.54, 1.807) is 0 Å². The third-order valence-electron chi connectivity index (χ3n) is 3.05. The standard InChI is InChI=1S/C15H21Cl2N/c1-5-15(4,10-18-11(2)3)9-12-13(16)7-6-8-14(12)17/h5-8,11,18H,1,9-10H2,2-4H3. The quantitative estimate of drug-likeness (QED) is 0.746. The molecule has 0 fully saturated rings. The largest absolute Gasteiger partial charge is 0.314 e. The Morgan fingerprint density at radius 3 is 2.33 bits per heavy atom. The van der Waals surface area contributed by atoms with Gasteiger partial charge in [0, 0.05) is 28.0 Å². The fraction of sp³-hybridized carbons (Fsp3) is 0.467. The van der Waals surface area contributed by atoms with Gasteiger partial charge in [0.05, 0.1) is 0 Å². The SMILES string of the molecule is C=CC(C)(CNC(C)C)Cc1c(Cl)cccc1Cl. The van der Waals surface area contributed by atoms with Crippen LogP contribution in [0.4, 0.5) is 0 Å². The van der Waals surface area contributed by atoms with Gasteiger partial charge >= 0.3 is 0 Å². The Hall–Kier alpha value is -0.500. The van der Waals surface area contributed by atoms with E-state index in [-0.39, 0.29) is 5.41 Å². The maximum Gasteiger partial charge on any atom is 0.0453 e. The van der Waals surface area contributed by atoms with Crippen molar-refractivity contribution in [1.82, 2.24) is 5.32 Å². The zero-order chi connectivity index (χ0) is 13.8. The smallest absolute Gasteiger partial charge is 0.0453 e. The van der Waals surface area contributed by atoms with E-state index in [9.17, 15) is 0 Å². The summed E-state index contributed by atoms with van der Waals surface area (Å²) in [5.74, 6) is 0. The summed E-state index contributed by atoms with van der Waals surface area (Å²) in [6.45, 7) is 11.2. The topological polar surface area (TPSA) is 12.0 Å². The van der Waals surface area contributed by atoms with Gasteiger partial charge in [-0.25, -0.2) is 0 Å². The van der Waals surface area contributed by atoms with Gasteiger partial charge in [0.2, 0.25) is 0 Å². The van der Waals surface area contributed by atoms with Crippen LogP contribution in [0, 0.1) is 5.41 Å². The molecule has 1 N–H and O–H groups in total. The molecule has 0 aliphatic rings. The summed E-state index contributed by atoms with van der Waals surface area (Å²) in [5, 5.41) is 4.88. The van der Waals surface area contributed by atoms with Gasteiger partial charge in [-0.3, -0.25) is 0 Å². The Morgan fingerprint density at radius 1 is 1.33 bits per heavy atom. The Labute approximate surface area is 120 Å². The Kier molecular flexibility index (Phi) is 5.71. The number of hydrogen-bond donors (Lipinski definition) is 1. The van der Waals surface area contributed by atoms with Crippen molar-refractivity contribution in [2.45, 2.75) is 33.2 Å². The first-order chi connectivity index (χ1) is 8.38. The zero-order valence-corrected chi connectivity index (χ0v) is 12.8. The molecule has 1 unspecified atom stereocenters. The fourth-order valence-electron chi connectivity index (χ4n) is 1.75. The van der Waals surface area contributed by atoms with Gasteiger partial charge < -0.3 is 5.32 Å². The van der Waals surface area contributed by atoms with Crippen LogP contribution in [0.15, 0.2) is 30.9 Å². The monoisotopic (exact) mass is 285 g/mol. The normalized spacial score (nSPS) is 14.6. The minimum absolute atomic E-state index is 0.0566. The molecule has 1 aromatic rings. The van der Waals surface area contributed by atoms with Crippen molar-refractivity contribution in [2.24, 2.45) is 5.41 Å². The van der Waals surface area contributed by atoms with Gasteiger partial charge in [0.1, 0.15) is 0 Å². The molecule has 0 aromatic heterocycles. The van der Waals surface area contributed by atoms with Crippen LogP contribution in [-0.2, 0) is 6.42 Å². The minimum atomic E-state index is -0.0566. The number of halogens is 2. The first kappa shape index (κ1) is 15.6. The second-order valence-corrected chi connectivity index (χ2v) is 6.09. The van der Waals surface area contributed by atoms with E-state index in [0.29, 0.717) is 6.04 Å². The van der Waals surface area contributed by atoms with Crippen LogP contribution in [-0.4, -0.2) is 12.6 Å². The summed E-state index contributed by atoms with van der Waals surface area (Å²) in [5.41, 5.74) is 0.938. The maximum atomic E-state index is 6.22. The molecule has 0 radical (unpaired) electrons. The molecule has 1 atom stereocenters. The van der Waals surface area contributed by atoms with Crippen LogP contribution in [0.25, 0.3) is 0 Å². The van der Waals surface area contributed by atoms with Gasteiger partial charge in [-0.1, -0.05) is 56.1 Å². The van der Waals surface area contributed by atoms with Crippen molar-refractivity contribution < 1.29 is 0 Å². The second kappa shape index (κ2) is 6.60. The van der Waals surface area contributed by atoms with Crippen molar-refractivity contribution in [3.8, 4) is 0 Å². The Bertz CT molecular complexity index is 395. The molecule has 0 bridgehead atoms. The van der Waals surface area contributed by atoms with Crippen molar-refractivity contribution in [2.75, 3.05) is 6.54 Å². The molecule has 0 heterocycles. The van der Waals surface area contributed by atoms with Gasteiger partial charge in [0.15, 0.2) is 0 Å². The summed E-state index contributed by atoms with van der Waals surface area (Å²) in [6, 6.07) is 6.07. The van der Waals surface area contributed by atoms with Crippen LogP contribution in [0.1, 0.15) is 26.3 Å². The predicted octanol–water partition coefficient (Wildman–Crippen LogP) is 4.73. The zero-order valence-electron chi connectivity index (χ0n) is 11.3. The van der Waals surface area contributed by atoms with Crippen molar-refractivity contribution in [1.29, 1.82) is 0 Å². The lowest BCUT2D eigenvalue weighted by molar-refractivity contribution is 0.373. The maximum absolute atomic E-state index is 6.22. The third kappa shape index (κ3) is 4.31. The van der Waals surface area contributed by atoms with E-state index in [2.05, 4.69) is 32.7 Å². The lowest BCUT2D eigenvalue weighted by Gasteiger charge is -2.28. The minimum Gasteiger partial charge on any atom is -0.314 e. The average Bonchev–Trinajstić information content (AvgIpc) is 2.32. The molecule has 18 heavy (non-hydrogen) atoms. The summed E-state index contributed by atoms with van der Waals surface area (Å²) in [7, 11) is 0. The number of nitrogens with one attached hydrogen (secondary N) is 1. The molecular formula is C15H21Cl2N. The number of benzene rings is 1. The average molecular weight is 286 g/mol. The molecule has 0 saturated carbocycles. The summed E-state index contributed by atoms with van der Waals surface area (Å²) >= 11 is 12.4. The molecule has 0 spiro atoms. The van der Waals surface area contributed by atoms with E-state index in [4.69, 9.17) is 23.2 Å². The van der Waals surface area contributed by atoms with E-state index in [1.165, 1.54) is 0 Å². The van der Waals surface area contributed by atoms with E-state index in [0.717, 1.165) is 28.6 Å². The highest BCUT2D eigenvalue weighted by Gasteiger charge is 2.23. The first-order valence-electron chi connectivity index (χ1n) is 6.18. The van der Waals surface area contributed by atoms with E-state index in [1.807, 2.05) is 24.3 Å². The molecule has 0 aliphatic carbocycles. The molecule has 1 aromatic carbocycles. The summed E-state index contributed by atoms with van der Waals surface area (Å²) in [4.78, 5) is 0. The van der Waals surface area contributed by atoms with Crippen LogP contribution >= 0.6 is 23.2 Å². The third-order valence-corrected chi connectivity index (χ3v) is 3.76. The van der Waals surface area contributed by atoms with Crippen molar-refractivity contribution in [3.63, 3.8) is 0 Å². The van der Waals surface area contributed by atoms with Crippen LogP contribution in [0.5, 0.6) is 0 Å². The highest BCUT2D eigenvalue weighted by molar-refractivity contribution is 6.36. The molecular weight excluding hydrogens is 265 g/mol. The van der Waals surface area contributed by atoms with Gasteiger partial charge in [-0.15, -0.1) is 6.58 Å². The molecule has 0 saturated heterocycles. The predicted molar refractivity (Wildman–Crippen MR) is 81.6 cm³/mol.